The molecular weight excluding hydrogens is 486 g/mol. The summed E-state index contributed by atoms with van der Waals surface area (Å²) >= 11 is 0. The van der Waals surface area contributed by atoms with Gasteiger partial charge in [0, 0.05) is 18.4 Å². The van der Waals surface area contributed by atoms with E-state index < -0.39 is 41.2 Å². The Morgan fingerprint density at radius 3 is 2.39 bits per heavy atom. The fourth-order valence-electron chi connectivity index (χ4n) is 4.39. The number of nitrogens with zero attached hydrogens (tertiary/aromatic N) is 3. The number of amides is 3. The summed E-state index contributed by atoms with van der Waals surface area (Å²) in [5, 5.41) is 15.1. The maximum absolute atomic E-state index is 13.8. The van der Waals surface area contributed by atoms with E-state index in [9.17, 15) is 24.4 Å². The summed E-state index contributed by atoms with van der Waals surface area (Å²) in [6.45, 7) is 9.05. The topological polar surface area (TPSA) is 134 Å². The van der Waals surface area contributed by atoms with Crippen molar-refractivity contribution in [2.24, 2.45) is 11.8 Å². The predicted octanol–water partition coefficient (Wildman–Crippen LogP) is 4.16. The summed E-state index contributed by atoms with van der Waals surface area (Å²) in [5.41, 5.74) is -0.709. The number of aromatic nitrogens is 1. The Kier molecular flexibility index (Phi) is 8.94. The van der Waals surface area contributed by atoms with Gasteiger partial charge < -0.3 is 19.5 Å². The quantitative estimate of drug-likeness (QED) is 0.562. The van der Waals surface area contributed by atoms with Gasteiger partial charge in [0.1, 0.15) is 23.4 Å². The van der Waals surface area contributed by atoms with E-state index in [4.69, 9.17) is 4.74 Å². The van der Waals surface area contributed by atoms with Gasteiger partial charge >= 0.3 is 6.09 Å². The third-order valence-electron chi connectivity index (χ3n) is 6.07. The molecule has 3 unspecified atom stereocenters. The first-order valence-electron chi connectivity index (χ1n) is 12.7. The molecule has 0 aliphatic carbocycles. The van der Waals surface area contributed by atoms with Crippen LogP contribution in [0.15, 0.2) is 53.5 Å². The van der Waals surface area contributed by atoms with Crippen molar-refractivity contribution in [2.75, 3.05) is 17.2 Å². The second-order valence-corrected chi connectivity index (χ2v) is 10.8. The second-order valence-electron chi connectivity index (χ2n) is 10.8. The van der Waals surface area contributed by atoms with Crippen LogP contribution in [-0.4, -0.2) is 45.6 Å². The van der Waals surface area contributed by atoms with Gasteiger partial charge in [0.2, 0.25) is 11.8 Å². The number of nitrogens with one attached hydrogen (secondary N) is 2. The fraction of sp³-hybridized carbons (Fsp3) is 0.464. The Labute approximate surface area is 222 Å². The van der Waals surface area contributed by atoms with Gasteiger partial charge in [0.25, 0.3) is 5.56 Å². The highest BCUT2D eigenvalue weighted by Crippen LogP contribution is 2.29. The molecule has 202 valence electrons. The van der Waals surface area contributed by atoms with Crippen molar-refractivity contribution in [3.8, 4) is 6.07 Å². The number of nitriles is 1. The van der Waals surface area contributed by atoms with Gasteiger partial charge in [0.05, 0.1) is 12.0 Å². The van der Waals surface area contributed by atoms with Crippen LogP contribution < -0.4 is 16.2 Å². The molecule has 3 amide bonds. The standard InChI is InChI=1S/C28H35N5O5/c1-18(2)14-23(32-13-9-12-22(25(32)35)31-27(37)38-28(3,4)5)26(36)33-17-19(15-21(33)16-29)24(34)30-20-10-7-6-8-11-20/h6-13,18-19,21,23H,14-15,17H2,1-5H3,(H,30,34)(H,31,37). The average molecular weight is 522 g/mol. The first-order valence-corrected chi connectivity index (χ1v) is 12.7. The summed E-state index contributed by atoms with van der Waals surface area (Å²) in [5.74, 6) is -1.22. The van der Waals surface area contributed by atoms with E-state index in [0.29, 0.717) is 12.1 Å². The fourth-order valence-corrected chi connectivity index (χ4v) is 4.39. The van der Waals surface area contributed by atoms with Gasteiger partial charge in [-0.1, -0.05) is 32.0 Å². The molecule has 1 aromatic heterocycles. The van der Waals surface area contributed by atoms with Crippen LogP contribution in [0.4, 0.5) is 16.2 Å². The van der Waals surface area contributed by atoms with Crippen molar-refractivity contribution in [2.45, 2.75) is 65.1 Å². The third-order valence-corrected chi connectivity index (χ3v) is 6.07. The van der Waals surface area contributed by atoms with Crippen LogP contribution in [0.1, 0.15) is 53.5 Å². The number of hydrogen-bond donors (Lipinski definition) is 2. The lowest BCUT2D eigenvalue weighted by Gasteiger charge is -2.28. The Hall–Kier alpha value is -4.13. The normalized spacial score (nSPS) is 18.0. The number of carbonyl (C=O) groups is 3. The van der Waals surface area contributed by atoms with Crippen molar-refractivity contribution in [1.82, 2.24) is 9.47 Å². The summed E-state index contributed by atoms with van der Waals surface area (Å²) < 4.78 is 6.53. The highest BCUT2D eigenvalue weighted by molar-refractivity contribution is 5.94. The molecule has 0 saturated carbocycles. The van der Waals surface area contributed by atoms with Crippen molar-refractivity contribution >= 4 is 29.3 Å². The van der Waals surface area contributed by atoms with Gasteiger partial charge in [-0.3, -0.25) is 19.7 Å². The molecule has 1 aliphatic rings. The summed E-state index contributed by atoms with van der Waals surface area (Å²) in [6, 6.07) is 12.4. The number of likely N-dealkylation sites (tertiary alicyclic amines) is 1. The van der Waals surface area contributed by atoms with Gasteiger partial charge in [-0.05, 0) is 63.8 Å². The first kappa shape index (κ1) is 28.4. The highest BCUT2D eigenvalue weighted by atomic mass is 16.6. The molecule has 0 spiro atoms. The number of para-hydroxylation sites is 1. The maximum atomic E-state index is 13.8. The predicted molar refractivity (Wildman–Crippen MR) is 143 cm³/mol. The van der Waals surface area contributed by atoms with E-state index in [1.54, 1.807) is 51.1 Å². The zero-order valence-electron chi connectivity index (χ0n) is 22.4. The maximum Gasteiger partial charge on any atom is 0.412 e. The monoisotopic (exact) mass is 521 g/mol. The van der Waals surface area contributed by atoms with Crippen molar-refractivity contribution in [1.29, 1.82) is 5.26 Å². The molecule has 1 aromatic carbocycles. The Morgan fingerprint density at radius 1 is 1.11 bits per heavy atom. The number of pyridine rings is 1. The van der Waals surface area contributed by atoms with Crippen LogP contribution in [0.2, 0.25) is 0 Å². The van der Waals surface area contributed by atoms with E-state index in [1.165, 1.54) is 21.7 Å². The molecule has 1 saturated heterocycles. The molecule has 0 radical (unpaired) electrons. The molecule has 10 heteroatoms. The molecule has 3 atom stereocenters. The number of anilines is 2. The molecule has 2 heterocycles. The highest BCUT2D eigenvalue weighted by Gasteiger charge is 2.41. The van der Waals surface area contributed by atoms with Crippen molar-refractivity contribution in [3.05, 3.63) is 59.0 Å². The number of carbonyl (C=O) groups excluding carboxylic acids is 3. The minimum absolute atomic E-state index is 0.0262. The Balaban J connectivity index is 1.85. The van der Waals surface area contributed by atoms with Crippen LogP contribution >= 0.6 is 0 Å². The molecule has 2 aromatic rings. The molecule has 2 N–H and O–H groups in total. The third kappa shape index (κ3) is 7.22. The van der Waals surface area contributed by atoms with Crippen molar-refractivity contribution in [3.63, 3.8) is 0 Å². The second kappa shape index (κ2) is 11.9. The molecule has 0 bridgehead atoms. The minimum Gasteiger partial charge on any atom is -0.444 e. The van der Waals surface area contributed by atoms with Crippen LogP contribution in [0.5, 0.6) is 0 Å². The molecular formula is C28H35N5O5. The van der Waals surface area contributed by atoms with E-state index in [0.717, 1.165) is 0 Å². The van der Waals surface area contributed by atoms with E-state index in [-0.39, 0.29) is 30.5 Å². The number of rotatable bonds is 7. The van der Waals surface area contributed by atoms with Crippen LogP contribution in [-0.2, 0) is 14.3 Å². The smallest absolute Gasteiger partial charge is 0.412 e. The van der Waals surface area contributed by atoms with Gasteiger partial charge in [-0.15, -0.1) is 0 Å². The van der Waals surface area contributed by atoms with Gasteiger partial charge in [0.15, 0.2) is 0 Å². The van der Waals surface area contributed by atoms with Gasteiger partial charge in [-0.25, -0.2) is 4.79 Å². The number of ether oxygens (including phenoxy) is 1. The van der Waals surface area contributed by atoms with E-state index >= 15 is 0 Å². The molecule has 1 fully saturated rings. The lowest BCUT2D eigenvalue weighted by Crippen LogP contribution is -2.43. The SMILES string of the molecule is CC(C)CC(C(=O)N1CC(C(=O)Nc2ccccc2)CC1C#N)n1cccc(NC(=O)OC(C)(C)C)c1=O. The molecule has 3 rings (SSSR count). The zero-order valence-corrected chi connectivity index (χ0v) is 22.4. The Bertz CT molecular complexity index is 1260. The molecule has 38 heavy (non-hydrogen) atoms. The Morgan fingerprint density at radius 2 is 1.79 bits per heavy atom. The molecule has 1 aliphatic heterocycles. The van der Waals surface area contributed by atoms with Crippen molar-refractivity contribution < 1.29 is 19.1 Å². The van der Waals surface area contributed by atoms with Crippen LogP contribution in [0.25, 0.3) is 0 Å². The lowest BCUT2D eigenvalue weighted by atomic mass is 10.0. The van der Waals surface area contributed by atoms with Crippen LogP contribution in [0.3, 0.4) is 0 Å². The zero-order chi connectivity index (χ0) is 28.0. The average Bonchev–Trinajstić information content (AvgIpc) is 3.28. The summed E-state index contributed by atoms with van der Waals surface area (Å²) in [6.07, 6.45) is 1.23. The number of hydrogen-bond acceptors (Lipinski definition) is 6. The lowest BCUT2D eigenvalue weighted by molar-refractivity contribution is -0.135. The number of benzene rings is 1. The summed E-state index contributed by atoms with van der Waals surface area (Å²) in [7, 11) is 0. The first-order chi connectivity index (χ1) is 17.9. The van der Waals surface area contributed by atoms with E-state index in [2.05, 4.69) is 16.7 Å². The minimum atomic E-state index is -0.922. The summed E-state index contributed by atoms with van der Waals surface area (Å²) in [4.78, 5) is 53.7. The molecule has 10 nitrogen and oxygen atoms in total. The van der Waals surface area contributed by atoms with Crippen LogP contribution in [0, 0.1) is 23.2 Å². The van der Waals surface area contributed by atoms with E-state index in [1.807, 2.05) is 19.9 Å². The van der Waals surface area contributed by atoms with Gasteiger partial charge in [-0.2, -0.15) is 5.26 Å². The largest absolute Gasteiger partial charge is 0.444 e.